The molecule has 0 bridgehead atoms. The molecule has 2 fully saturated rings. The van der Waals surface area contributed by atoms with Crippen LogP contribution in [0, 0.1) is 5.92 Å². The summed E-state index contributed by atoms with van der Waals surface area (Å²) in [6.07, 6.45) is 15.0. The third-order valence-electron chi connectivity index (χ3n) is 8.60. The van der Waals surface area contributed by atoms with E-state index < -0.39 is 0 Å². The molecule has 2 heterocycles. The lowest BCUT2D eigenvalue weighted by atomic mass is 9.64. The van der Waals surface area contributed by atoms with Crippen LogP contribution in [-0.2, 0) is 4.74 Å². The molecule has 6 rings (SSSR count). The van der Waals surface area contributed by atoms with Gasteiger partial charge in [-0.05, 0) is 73.3 Å². The summed E-state index contributed by atoms with van der Waals surface area (Å²) in [6.45, 7) is 2.39. The van der Waals surface area contributed by atoms with Gasteiger partial charge in [0.25, 0.3) is 0 Å². The minimum Gasteiger partial charge on any atom is -0.472 e. The molecule has 2 aliphatic heterocycles. The molecule has 2 heteroatoms. The number of hydrogen-bond donors (Lipinski definition) is 0. The highest BCUT2D eigenvalue weighted by molar-refractivity contribution is 5.60. The topological polar surface area (TPSA) is 12.5 Å². The maximum atomic E-state index is 7.40. The smallest absolute Gasteiger partial charge is 0.167 e. The summed E-state index contributed by atoms with van der Waals surface area (Å²) in [4.78, 5) is 2.77. The van der Waals surface area contributed by atoms with E-state index in [0.717, 1.165) is 6.42 Å². The van der Waals surface area contributed by atoms with E-state index in [1.807, 2.05) is 0 Å². The van der Waals surface area contributed by atoms with Crippen LogP contribution in [0.5, 0.6) is 0 Å². The van der Waals surface area contributed by atoms with Crippen LogP contribution in [0.25, 0.3) is 6.08 Å². The van der Waals surface area contributed by atoms with Crippen molar-refractivity contribution in [3.05, 3.63) is 88.7 Å². The summed E-state index contributed by atoms with van der Waals surface area (Å²) in [5, 5.41) is 0. The van der Waals surface area contributed by atoms with E-state index in [1.54, 1.807) is 5.57 Å². The Kier molecular flexibility index (Phi) is 5.88. The first-order valence-corrected chi connectivity index (χ1v) is 13.3. The van der Waals surface area contributed by atoms with Gasteiger partial charge in [-0.15, -0.1) is 0 Å². The van der Waals surface area contributed by atoms with Crippen molar-refractivity contribution in [3.8, 4) is 0 Å². The van der Waals surface area contributed by atoms with Gasteiger partial charge in [0.05, 0.1) is 0 Å². The fraction of sp³-hybridized carbons (Fsp3) is 0.484. The molecule has 1 saturated heterocycles. The number of nitrogens with zero attached hydrogens (tertiary/aromatic N) is 1. The van der Waals surface area contributed by atoms with E-state index in [2.05, 4.69) is 71.6 Å². The van der Waals surface area contributed by atoms with Gasteiger partial charge in [-0.2, -0.15) is 0 Å². The highest BCUT2D eigenvalue weighted by atomic mass is 16.5. The number of piperidine rings is 1. The van der Waals surface area contributed by atoms with E-state index >= 15 is 0 Å². The average Bonchev–Trinajstić information content (AvgIpc) is 2.89. The monoisotopic (exact) mass is 439 g/mol. The zero-order chi connectivity index (χ0) is 22.1. The van der Waals surface area contributed by atoms with Gasteiger partial charge in [-0.25, -0.2) is 0 Å². The third kappa shape index (κ3) is 3.87. The maximum absolute atomic E-state index is 7.40. The lowest BCUT2D eigenvalue weighted by Gasteiger charge is -2.58. The zero-order valence-electron chi connectivity index (χ0n) is 19.8. The van der Waals surface area contributed by atoms with Crippen molar-refractivity contribution in [2.75, 3.05) is 13.1 Å². The summed E-state index contributed by atoms with van der Waals surface area (Å²) < 4.78 is 7.40. The van der Waals surface area contributed by atoms with E-state index in [-0.39, 0.29) is 5.72 Å². The molecule has 3 atom stereocenters. The second-order valence-electron chi connectivity index (χ2n) is 10.5. The van der Waals surface area contributed by atoms with Crippen molar-refractivity contribution in [3.63, 3.8) is 0 Å². The molecule has 2 aromatic carbocycles. The SMILES string of the molecule is C(=C1/CCCC2=C1OC1(N3CCCCC3)CCCCC1[C@H]2c1ccccc1)/c1ccccc1. The first-order chi connectivity index (χ1) is 16.4. The maximum Gasteiger partial charge on any atom is 0.167 e. The standard InChI is InChI=1S/C31H37NO/c1-4-13-24(14-5-1)23-26-17-12-18-27-29(25-15-6-2-7-16-25)28-19-8-9-20-31(28,33-30(26)27)32-21-10-3-11-22-32/h1-2,4-7,13-16,23,28-29H,3,8-12,17-22H2/b26-23+/t28?,29-,31?/m0/s1. The van der Waals surface area contributed by atoms with Crippen LogP contribution >= 0.6 is 0 Å². The Morgan fingerprint density at radius 1 is 0.788 bits per heavy atom. The number of benzene rings is 2. The molecule has 2 aromatic rings. The second-order valence-corrected chi connectivity index (χ2v) is 10.5. The summed E-state index contributed by atoms with van der Waals surface area (Å²) in [6, 6.07) is 22.2. The van der Waals surface area contributed by atoms with Crippen LogP contribution < -0.4 is 0 Å². The van der Waals surface area contributed by atoms with E-state index in [1.165, 1.54) is 93.3 Å². The summed E-state index contributed by atoms with van der Waals surface area (Å²) in [5.74, 6) is 2.29. The summed E-state index contributed by atoms with van der Waals surface area (Å²) >= 11 is 0. The first kappa shape index (κ1) is 21.2. The Hall–Kier alpha value is -2.32. The van der Waals surface area contributed by atoms with E-state index in [0.29, 0.717) is 11.8 Å². The Labute approximate surface area is 199 Å². The number of likely N-dealkylation sites (tertiary alicyclic amines) is 1. The van der Waals surface area contributed by atoms with Gasteiger partial charge in [0.2, 0.25) is 0 Å². The van der Waals surface area contributed by atoms with Crippen LogP contribution in [0.3, 0.4) is 0 Å². The lowest BCUT2D eigenvalue weighted by molar-refractivity contribution is -0.202. The van der Waals surface area contributed by atoms with Crippen molar-refractivity contribution in [1.29, 1.82) is 0 Å². The molecule has 172 valence electrons. The first-order valence-electron chi connectivity index (χ1n) is 13.3. The molecular formula is C31H37NO. The van der Waals surface area contributed by atoms with Crippen LogP contribution in [0.1, 0.15) is 81.3 Å². The quantitative estimate of drug-likeness (QED) is 0.486. The number of hydrogen-bond acceptors (Lipinski definition) is 2. The van der Waals surface area contributed by atoms with Gasteiger partial charge in [0.1, 0.15) is 5.76 Å². The summed E-state index contributed by atoms with van der Waals surface area (Å²) in [7, 11) is 0. The van der Waals surface area contributed by atoms with Crippen molar-refractivity contribution in [2.24, 2.45) is 5.92 Å². The largest absolute Gasteiger partial charge is 0.472 e. The molecule has 2 aliphatic carbocycles. The number of fused-ring (bicyclic) bond motifs is 1. The Bertz CT molecular complexity index is 1020. The van der Waals surface area contributed by atoms with Gasteiger partial charge in [-0.3, -0.25) is 4.90 Å². The van der Waals surface area contributed by atoms with Crippen LogP contribution in [-0.4, -0.2) is 23.7 Å². The van der Waals surface area contributed by atoms with Crippen LogP contribution in [0.4, 0.5) is 0 Å². The molecule has 0 amide bonds. The predicted molar refractivity (Wildman–Crippen MR) is 136 cm³/mol. The fourth-order valence-electron chi connectivity index (χ4n) is 7.17. The highest BCUT2D eigenvalue weighted by Crippen LogP contribution is 2.57. The molecule has 0 spiro atoms. The normalized spacial score (nSPS) is 31.6. The minimum absolute atomic E-state index is 0.134. The third-order valence-corrected chi connectivity index (χ3v) is 8.60. The van der Waals surface area contributed by atoms with Gasteiger partial charge >= 0.3 is 0 Å². The molecule has 2 nitrogen and oxygen atoms in total. The van der Waals surface area contributed by atoms with Crippen molar-refractivity contribution >= 4 is 6.08 Å². The van der Waals surface area contributed by atoms with E-state index in [9.17, 15) is 0 Å². The lowest BCUT2D eigenvalue weighted by Crippen LogP contribution is -2.61. The second kappa shape index (κ2) is 9.14. The Balaban J connectivity index is 1.51. The predicted octanol–water partition coefficient (Wildman–Crippen LogP) is 7.69. The molecule has 0 aromatic heterocycles. The zero-order valence-corrected chi connectivity index (χ0v) is 19.8. The Morgan fingerprint density at radius 2 is 1.55 bits per heavy atom. The number of ether oxygens (including phenoxy) is 1. The molecule has 4 aliphatic rings. The van der Waals surface area contributed by atoms with Crippen LogP contribution in [0.15, 0.2) is 77.6 Å². The van der Waals surface area contributed by atoms with Gasteiger partial charge < -0.3 is 4.74 Å². The fourth-order valence-corrected chi connectivity index (χ4v) is 7.17. The molecule has 2 unspecified atom stereocenters. The van der Waals surface area contributed by atoms with Gasteiger partial charge in [-0.1, -0.05) is 73.5 Å². The highest BCUT2D eigenvalue weighted by Gasteiger charge is 2.55. The average molecular weight is 440 g/mol. The number of rotatable bonds is 3. The molecule has 33 heavy (non-hydrogen) atoms. The molecular weight excluding hydrogens is 402 g/mol. The van der Waals surface area contributed by atoms with Gasteiger partial charge in [0, 0.05) is 31.3 Å². The number of allylic oxidation sites excluding steroid dienone is 2. The van der Waals surface area contributed by atoms with E-state index in [4.69, 9.17) is 4.74 Å². The van der Waals surface area contributed by atoms with Crippen molar-refractivity contribution < 1.29 is 4.74 Å². The molecule has 0 radical (unpaired) electrons. The van der Waals surface area contributed by atoms with Crippen molar-refractivity contribution in [1.82, 2.24) is 4.90 Å². The van der Waals surface area contributed by atoms with Crippen molar-refractivity contribution in [2.45, 2.75) is 75.9 Å². The molecule has 0 N–H and O–H groups in total. The molecule has 1 saturated carbocycles. The minimum atomic E-state index is -0.134. The van der Waals surface area contributed by atoms with Crippen LogP contribution in [0.2, 0.25) is 0 Å². The summed E-state index contributed by atoms with van der Waals surface area (Å²) in [5.41, 5.74) is 5.66. The Morgan fingerprint density at radius 3 is 2.33 bits per heavy atom. The van der Waals surface area contributed by atoms with Gasteiger partial charge in [0.15, 0.2) is 5.72 Å².